The predicted octanol–water partition coefficient (Wildman–Crippen LogP) is 0.984. The number of aromatic hydroxyl groups is 1. The maximum absolute atomic E-state index is 9.00. The van der Waals surface area contributed by atoms with E-state index in [9.17, 15) is 0 Å². The van der Waals surface area contributed by atoms with Crippen LogP contribution in [0.3, 0.4) is 0 Å². The van der Waals surface area contributed by atoms with Crippen LogP contribution in [0.5, 0.6) is 5.75 Å². The van der Waals surface area contributed by atoms with Gasteiger partial charge in [-0.25, -0.2) is 0 Å². The van der Waals surface area contributed by atoms with Crippen LogP contribution in [0.1, 0.15) is 12.5 Å². The van der Waals surface area contributed by atoms with E-state index >= 15 is 0 Å². The van der Waals surface area contributed by atoms with Crippen LogP contribution in [0.4, 0.5) is 0 Å². The van der Waals surface area contributed by atoms with Crippen molar-refractivity contribution >= 4 is 5.97 Å². The third-order valence-electron chi connectivity index (χ3n) is 1.37. The lowest BCUT2D eigenvalue weighted by atomic mass is 10.1. The molecule has 0 aromatic heterocycles. The van der Waals surface area contributed by atoms with Crippen molar-refractivity contribution in [3.63, 3.8) is 0 Å². The van der Waals surface area contributed by atoms with Crippen molar-refractivity contribution in [2.24, 2.45) is 5.73 Å². The van der Waals surface area contributed by atoms with Gasteiger partial charge < -0.3 is 15.9 Å². The Hall–Kier alpha value is -1.55. The zero-order valence-electron chi connectivity index (χ0n) is 8.10. The van der Waals surface area contributed by atoms with Gasteiger partial charge in [0, 0.05) is 6.92 Å². The number of benzene rings is 1. The third-order valence-corrected chi connectivity index (χ3v) is 1.37. The average Bonchev–Trinajstić information content (AvgIpc) is 2.08. The zero-order valence-corrected chi connectivity index (χ0v) is 8.10. The number of phenols is 1. The molecule has 78 valence electrons. The Morgan fingerprint density at radius 3 is 2.14 bits per heavy atom. The summed E-state index contributed by atoms with van der Waals surface area (Å²) in [5.74, 6) is -0.527. The van der Waals surface area contributed by atoms with Crippen molar-refractivity contribution < 1.29 is 15.0 Å². The summed E-state index contributed by atoms with van der Waals surface area (Å²) in [5.41, 5.74) is 6.50. The number of carboxylic acids is 1. The second kappa shape index (κ2) is 6.91. The Morgan fingerprint density at radius 2 is 1.79 bits per heavy atom. The maximum Gasteiger partial charge on any atom is 0.300 e. The molecule has 0 saturated heterocycles. The smallest absolute Gasteiger partial charge is 0.300 e. The molecule has 0 amide bonds. The first-order valence-corrected chi connectivity index (χ1v) is 4.23. The molecule has 4 heteroatoms. The van der Waals surface area contributed by atoms with Gasteiger partial charge >= 0.3 is 0 Å². The summed E-state index contributed by atoms with van der Waals surface area (Å²) in [7, 11) is 0. The zero-order chi connectivity index (χ0) is 11.0. The van der Waals surface area contributed by atoms with Gasteiger partial charge in [0.25, 0.3) is 5.97 Å². The fourth-order valence-corrected chi connectivity index (χ4v) is 0.829. The molecule has 1 aromatic rings. The molecule has 0 bridgehead atoms. The summed E-state index contributed by atoms with van der Waals surface area (Å²) in [6, 6.07) is 7.10. The Labute approximate surface area is 83.0 Å². The quantitative estimate of drug-likeness (QED) is 0.660. The number of nitrogens with two attached hydrogens (primary N) is 1. The van der Waals surface area contributed by atoms with Crippen LogP contribution in [0.25, 0.3) is 0 Å². The lowest BCUT2D eigenvalue weighted by Gasteiger charge is -1.96. The van der Waals surface area contributed by atoms with E-state index in [4.69, 9.17) is 20.7 Å². The van der Waals surface area contributed by atoms with E-state index < -0.39 is 5.97 Å². The molecule has 0 aliphatic rings. The monoisotopic (exact) mass is 197 g/mol. The molecule has 0 radical (unpaired) electrons. The summed E-state index contributed by atoms with van der Waals surface area (Å²) < 4.78 is 0. The number of aliphatic carboxylic acids is 1. The van der Waals surface area contributed by atoms with Crippen molar-refractivity contribution in [2.45, 2.75) is 13.3 Å². The molecule has 4 nitrogen and oxygen atoms in total. The van der Waals surface area contributed by atoms with Crippen LogP contribution < -0.4 is 5.73 Å². The highest BCUT2D eigenvalue weighted by Crippen LogP contribution is 2.09. The Morgan fingerprint density at radius 1 is 1.36 bits per heavy atom. The molecule has 14 heavy (non-hydrogen) atoms. The molecule has 4 N–H and O–H groups in total. The minimum Gasteiger partial charge on any atom is -0.508 e. The van der Waals surface area contributed by atoms with Crippen LogP contribution >= 0.6 is 0 Å². The summed E-state index contributed by atoms with van der Waals surface area (Å²) in [6.45, 7) is 1.74. The highest BCUT2D eigenvalue weighted by Gasteiger charge is 1.89. The molecule has 0 unspecified atom stereocenters. The summed E-state index contributed by atoms with van der Waals surface area (Å²) in [5, 5.41) is 16.3. The van der Waals surface area contributed by atoms with E-state index in [0.29, 0.717) is 12.3 Å². The van der Waals surface area contributed by atoms with E-state index in [1.54, 1.807) is 12.1 Å². The molecular formula is C10H15NO3. The van der Waals surface area contributed by atoms with Crippen LogP contribution in [0.2, 0.25) is 0 Å². The van der Waals surface area contributed by atoms with Crippen LogP contribution in [0, 0.1) is 0 Å². The summed E-state index contributed by atoms with van der Waals surface area (Å²) in [6.07, 6.45) is 0.875. The SMILES string of the molecule is CC(=O)O.NCCc1ccc(O)cc1. The van der Waals surface area contributed by atoms with Gasteiger partial charge in [0.05, 0.1) is 0 Å². The van der Waals surface area contributed by atoms with Crippen molar-refractivity contribution in [1.82, 2.24) is 0 Å². The van der Waals surface area contributed by atoms with Gasteiger partial charge in [-0.2, -0.15) is 0 Å². The van der Waals surface area contributed by atoms with Gasteiger partial charge in [-0.15, -0.1) is 0 Å². The molecule has 0 heterocycles. The number of rotatable bonds is 2. The average molecular weight is 197 g/mol. The van der Waals surface area contributed by atoms with E-state index in [-0.39, 0.29) is 0 Å². The largest absolute Gasteiger partial charge is 0.508 e. The number of phenolic OH excluding ortho intramolecular Hbond substituents is 1. The Bertz CT molecular complexity index is 265. The van der Waals surface area contributed by atoms with E-state index in [0.717, 1.165) is 13.3 Å². The van der Waals surface area contributed by atoms with Gasteiger partial charge in [-0.1, -0.05) is 12.1 Å². The molecule has 0 aliphatic heterocycles. The van der Waals surface area contributed by atoms with Crippen LogP contribution in [-0.2, 0) is 11.2 Å². The van der Waals surface area contributed by atoms with E-state index in [2.05, 4.69) is 0 Å². The first-order chi connectivity index (χ1) is 6.56. The fourth-order valence-electron chi connectivity index (χ4n) is 0.829. The molecule has 0 aliphatic carbocycles. The van der Waals surface area contributed by atoms with Crippen molar-refractivity contribution in [3.05, 3.63) is 29.8 Å². The highest BCUT2D eigenvalue weighted by molar-refractivity contribution is 5.62. The standard InChI is InChI=1S/C8H11NO.C2H4O2/c9-6-5-7-1-3-8(10)4-2-7;1-2(3)4/h1-4,10H,5-6,9H2;1H3,(H,3,4). The van der Waals surface area contributed by atoms with E-state index in [1.165, 1.54) is 5.56 Å². The number of hydrogen-bond acceptors (Lipinski definition) is 3. The normalized spacial score (nSPS) is 8.71. The number of hydrogen-bond donors (Lipinski definition) is 3. The lowest BCUT2D eigenvalue weighted by Crippen LogP contribution is -2.01. The predicted molar refractivity (Wildman–Crippen MR) is 54.2 cm³/mol. The van der Waals surface area contributed by atoms with Crippen molar-refractivity contribution in [3.8, 4) is 5.75 Å². The van der Waals surface area contributed by atoms with Gasteiger partial charge in [0.1, 0.15) is 5.75 Å². The number of carbonyl (C=O) groups is 1. The van der Waals surface area contributed by atoms with Crippen LogP contribution in [-0.4, -0.2) is 22.7 Å². The Kier molecular flexibility index (Phi) is 6.15. The first kappa shape index (κ1) is 12.4. The van der Waals surface area contributed by atoms with Crippen LogP contribution in [0.15, 0.2) is 24.3 Å². The van der Waals surface area contributed by atoms with Gasteiger partial charge in [-0.05, 0) is 30.7 Å². The minimum absolute atomic E-state index is 0.306. The lowest BCUT2D eigenvalue weighted by molar-refractivity contribution is -0.134. The van der Waals surface area contributed by atoms with E-state index in [1.807, 2.05) is 12.1 Å². The molecule has 0 atom stereocenters. The molecular weight excluding hydrogens is 182 g/mol. The van der Waals surface area contributed by atoms with Crippen molar-refractivity contribution in [2.75, 3.05) is 6.54 Å². The second-order valence-corrected chi connectivity index (χ2v) is 2.72. The van der Waals surface area contributed by atoms with Gasteiger partial charge in [0.2, 0.25) is 0 Å². The molecule has 0 fully saturated rings. The van der Waals surface area contributed by atoms with Gasteiger partial charge in [0.15, 0.2) is 0 Å². The first-order valence-electron chi connectivity index (χ1n) is 4.23. The topological polar surface area (TPSA) is 83.5 Å². The van der Waals surface area contributed by atoms with Crippen molar-refractivity contribution in [1.29, 1.82) is 0 Å². The molecule has 1 rings (SSSR count). The Balaban J connectivity index is 0.000000364. The fraction of sp³-hybridized carbons (Fsp3) is 0.300. The minimum atomic E-state index is -0.833. The number of carboxylic acid groups (broad SMARTS) is 1. The second-order valence-electron chi connectivity index (χ2n) is 2.72. The molecule has 0 spiro atoms. The maximum atomic E-state index is 9.00. The van der Waals surface area contributed by atoms with Gasteiger partial charge in [-0.3, -0.25) is 4.79 Å². The summed E-state index contributed by atoms with van der Waals surface area (Å²) >= 11 is 0. The summed E-state index contributed by atoms with van der Waals surface area (Å²) in [4.78, 5) is 9.00. The molecule has 0 saturated carbocycles. The third kappa shape index (κ3) is 7.12. The highest BCUT2D eigenvalue weighted by atomic mass is 16.4. The molecule has 1 aromatic carbocycles.